The summed E-state index contributed by atoms with van der Waals surface area (Å²) in [7, 11) is 1.48. The highest BCUT2D eigenvalue weighted by Crippen LogP contribution is 2.29. The standard InChI is InChI=1S/C12H13F3N4/c1-16-10(7-12(13,14)15)11-8-17-18-19(11)9-5-3-2-4-6-9/h2-6,8,10,16H,7H2,1H3. The molecule has 1 N–H and O–H groups in total. The van der Waals surface area contributed by atoms with Crippen LogP contribution < -0.4 is 5.32 Å². The number of halogens is 3. The average molecular weight is 270 g/mol. The van der Waals surface area contributed by atoms with Crippen molar-refractivity contribution in [2.24, 2.45) is 0 Å². The third kappa shape index (κ3) is 3.31. The molecular weight excluding hydrogens is 257 g/mol. The zero-order valence-corrected chi connectivity index (χ0v) is 10.2. The molecular formula is C12H13F3N4. The minimum Gasteiger partial charge on any atom is -0.311 e. The number of nitrogens with zero attached hydrogens (tertiary/aromatic N) is 3. The van der Waals surface area contributed by atoms with Crippen LogP contribution in [0.5, 0.6) is 0 Å². The van der Waals surface area contributed by atoms with Gasteiger partial charge in [0.15, 0.2) is 0 Å². The van der Waals surface area contributed by atoms with Crippen LogP contribution in [0.2, 0.25) is 0 Å². The molecule has 7 heteroatoms. The summed E-state index contributed by atoms with van der Waals surface area (Å²) in [6.45, 7) is 0. The van der Waals surface area contributed by atoms with Crippen molar-refractivity contribution in [3.63, 3.8) is 0 Å². The minimum atomic E-state index is -4.25. The molecule has 0 fully saturated rings. The zero-order chi connectivity index (χ0) is 13.9. The molecule has 0 spiro atoms. The van der Waals surface area contributed by atoms with Gasteiger partial charge in [-0.1, -0.05) is 23.4 Å². The molecule has 1 unspecified atom stereocenters. The van der Waals surface area contributed by atoms with Crippen molar-refractivity contribution < 1.29 is 13.2 Å². The van der Waals surface area contributed by atoms with Gasteiger partial charge in [-0.25, -0.2) is 4.68 Å². The Bertz CT molecular complexity index is 521. The van der Waals surface area contributed by atoms with Gasteiger partial charge in [0.1, 0.15) is 0 Å². The number of aromatic nitrogens is 3. The molecule has 102 valence electrons. The quantitative estimate of drug-likeness (QED) is 0.928. The molecule has 4 nitrogen and oxygen atoms in total. The summed E-state index contributed by atoms with van der Waals surface area (Å²) in [6, 6.07) is 8.05. The Balaban J connectivity index is 2.33. The van der Waals surface area contributed by atoms with Crippen LogP contribution in [-0.2, 0) is 0 Å². The van der Waals surface area contributed by atoms with E-state index < -0.39 is 18.6 Å². The number of para-hydroxylation sites is 1. The molecule has 0 aliphatic heterocycles. The summed E-state index contributed by atoms with van der Waals surface area (Å²) in [5.41, 5.74) is 1.06. The molecule has 0 saturated heterocycles. The van der Waals surface area contributed by atoms with Gasteiger partial charge in [-0.15, -0.1) is 5.10 Å². The molecule has 2 rings (SSSR count). The van der Waals surface area contributed by atoms with Crippen molar-refractivity contribution in [1.29, 1.82) is 0 Å². The Kier molecular flexibility index (Phi) is 3.84. The molecule has 0 saturated carbocycles. The molecule has 2 aromatic rings. The van der Waals surface area contributed by atoms with E-state index in [0.29, 0.717) is 11.4 Å². The minimum absolute atomic E-state index is 0.381. The fourth-order valence-corrected chi connectivity index (χ4v) is 1.84. The van der Waals surface area contributed by atoms with Crippen molar-refractivity contribution in [1.82, 2.24) is 20.3 Å². The van der Waals surface area contributed by atoms with Crippen LogP contribution in [0.1, 0.15) is 18.2 Å². The van der Waals surface area contributed by atoms with E-state index in [1.165, 1.54) is 17.9 Å². The average Bonchev–Trinajstić information content (AvgIpc) is 2.85. The van der Waals surface area contributed by atoms with Crippen molar-refractivity contribution in [3.8, 4) is 5.69 Å². The van der Waals surface area contributed by atoms with Gasteiger partial charge in [-0.2, -0.15) is 13.2 Å². The normalized spacial score (nSPS) is 13.5. The van der Waals surface area contributed by atoms with Crippen LogP contribution >= 0.6 is 0 Å². The summed E-state index contributed by atoms with van der Waals surface area (Å²) < 4.78 is 39.0. The fraction of sp³-hybridized carbons (Fsp3) is 0.333. The van der Waals surface area contributed by atoms with Crippen molar-refractivity contribution in [3.05, 3.63) is 42.2 Å². The maximum Gasteiger partial charge on any atom is 0.390 e. The lowest BCUT2D eigenvalue weighted by Gasteiger charge is -2.18. The summed E-state index contributed by atoms with van der Waals surface area (Å²) in [5, 5.41) is 10.2. The monoisotopic (exact) mass is 270 g/mol. The number of nitrogens with one attached hydrogen (secondary N) is 1. The van der Waals surface area contributed by atoms with Crippen LogP contribution in [0.4, 0.5) is 13.2 Å². The third-order valence-electron chi connectivity index (χ3n) is 2.72. The molecule has 0 radical (unpaired) electrons. The first-order valence-electron chi connectivity index (χ1n) is 5.71. The van der Waals surface area contributed by atoms with Gasteiger partial charge in [0, 0.05) is 0 Å². The summed E-state index contributed by atoms with van der Waals surface area (Å²) in [5.74, 6) is 0. The number of hydrogen-bond donors (Lipinski definition) is 1. The highest BCUT2D eigenvalue weighted by Gasteiger charge is 2.33. The molecule has 0 bridgehead atoms. The Morgan fingerprint density at radius 3 is 2.53 bits per heavy atom. The van der Waals surface area contributed by atoms with E-state index in [0.717, 1.165) is 0 Å². The van der Waals surface area contributed by atoms with Gasteiger partial charge in [0.05, 0.1) is 30.0 Å². The van der Waals surface area contributed by atoms with E-state index in [-0.39, 0.29) is 0 Å². The summed E-state index contributed by atoms with van der Waals surface area (Å²) in [4.78, 5) is 0. The number of benzene rings is 1. The Morgan fingerprint density at radius 2 is 1.95 bits per heavy atom. The maximum absolute atomic E-state index is 12.5. The van der Waals surface area contributed by atoms with Crippen molar-refractivity contribution in [2.45, 2.75) is 18.6 Å². The van der Waals surface area contributed by atoms with E-state index in [1.54, 1.807) is 24.3 Å². The van der Waals surface area contributed by atoms with Gasteiger partial charge >= 0.3 is 6.18 Å². The van der Waals surface area contributed by atoms with Gasteiger partial charge in [-0.05, 0) is 19.2 Å². The molecule has 19 heavy (non-hydrogen) atoms. The number of hydrogen-bond acceptors (Lipinski definition) is 3. The predicted octanol–water partition coefficient (Wildman–Crippen LogP) is 2.48. The van der Waals surface area contributed by atoms with Crippen LogP contribution in [0.15, 0.2) is 36.5 Å². The lowest BCUT2D eigenvalue weighted by atomic mass is 10.1. The SMILES string of the molecule is CNC(CC(F)(F)F)c1cnnn1-c1ccccc1. The lowest BCUT2D eigenvalue weighted by molar-refractivity contribution is -0.140. The number of rotatable bonds is 4. The Labute approximate surface area is 108 Å². The topological polar surface area (TPSA) is 42.7 Å². The molecule has 1 aromatic heterocycles. The molecule has 1 aromatic carbocycles. The second kappa shape index (κ2) is 5.40. The van der Waals surface area contributed by atoms with Crippen LogP contribution in [-0.4, -0.2) is 28.2 Å². The first-order valence-corrected chi connectivity index (χ1v) is 5.71. The maximum atomic E-state index is 12.5. The first kappa shape index (κ1) is 13.5. The van der Waals surface area contributed by atoms with E-state index in [1.807, 2.05) is 6.07 Å². The van der Waals surface area contributed by atoms with Crippen molar-refractivity contribution >= 4 is 0 Å². The second-order valence-corrected chi connectivity index (χ2v) is 4.07. The first-order chi connectivity index (χ1) is 9.01. The summed E-state index contributed by atoms with van der Waals surface area (Å²) >= 11 is 0. The third-order valence-corrected chi connectivity index (χ3v) is 2.72. The van der Waals surface area contributed by atoms with E-state index in [2.05, 4.69) is 15.6 Å². The van der Waals surface area contributed by atoms with E-state index in [9.17, 15) is 13.2 Å². The van der Waals surface area contributed by atoms with Gasteiger partial charge in [-0.3, -0.25) is 0 Å². The Morgan fingerprint density at radius 1 is 1.26 bits per heavy atom. The Hall–Kier alpha value is -1.89. The molecule has 0 amide bonds. The van der Waals surface area contributed by atoms with Crippen molar-refractivity contribution in [2.75, 3.05) is 7.05 Å². The van der Waals surface area contributed by atoms with E-state index >= 15 is 0 Å². The van der Waals surface area contributed by atoms with Crippen LogP contribution in [0.25, 0.3) is 5.69 Å². The molecule has 0 aliphatic rings. The predicted molar refractivity (Wildman–Crippen MR) is 63.8 cm³/mol. The zero-order valence-electron chi connectivity index (χ0n) is 10.2. The largest absolute Gasteiger partial charge is 0.390 e. The van der Waals surface area contributed by atoms with Gasteiger partial charge in [0.2, 0.25) is 0 Å². The molecule has 1 heterocycles. The lowest BCUT2D eigenvalue weighted by Crippen LogP contribution is -2.25. The highest BCUT2D eigenvalue weighted by atomic mass is 19.4. The van der Waals surface area contributed by atoms with E-state index in [4.69, 9.17) is 0 Å². The van der Waals surface area contributed by atoms with Crippen LogP contribution in [0.3, 0.4) is 0 Å². The second-order valence-electron chi connectivity index (χ2n) is 4.07. The highest BCUT2D eigenvalue weighted by molar-refractivity contribution is 5.32. The smallest absolute Gasteiger partial charge is 0.311 e. The summed E-state index contributed by atoms with van der Waals surface area (Å²) in [6.07, 6.45) is -3.87. The molecule has 1 atom stereocenters. The van der Waals surface area contributed by atoms with Gasteiger partial charge < -0.3 is 5.32 Å². The number of alkyl halides is 3. The fourth-order valence-electron chi connectivity index (χ4n) is 1.84. The van der Waals surface area contributed by atoms with Gasteiger partial charge in [0.25, 0.3) is 0 Å². The molecule has 0 aliphatic carbocycles. The van der Waals surface area contributed by atoms with Crippen LogP contribution in [0, 0.1) is 0 Å².